The van der Waals surface area contributed by atoms with Gasteiger partial charge in [-0.3, -0.25) is 0 Å². The van der Waals surface area contributed by atoms with Gasteiger partial charge >= 0.3 is 0 Å². The van der Waals surface area contributed by atoms with Crippen molar-refractivity contribution in [2.75, 3.05) is 0 Å². The first-order chi connectivity index (χ1) is 12.3. The number of rotatable bonds is 4. The van der Waals surface area contributed by atoms with Crippen LogP contribution in [0.2, 0.25) is 0 Å². The Hall–Kier alpha value is -2.52. The van der Waals surface area contributed by atoms with Gasteiger partial charge in [0.05, 0.1) is 0 Å². The fraction of sp³-hybridized carbons (Fsp3) is 0.333. The summed E-state index contributed by atoms with van der Waals surface area (Å²) < 4.78 is 0. The zero-order valence-corrected chi connectivity index (χ0v) is 15.2. The van der Waals surface area contributed by atoms with Crippen LogP contribution in [0.5, 0.6) is 0 Å². The molecule has 0 bridgehead atoms. The summed E-state index contributed by atoms with van der Waals surface area (Å²) in [6.45, 7) is 3.97. The second kappa shape index (κ2) is 6.65. The average Bonchev–Trinajstić information content (AvgIpc) is 2.61. The lowest BCUT2D eigenvalue weighted by atomic mass is 9.56. The molecule has 4 atom stereocenters. The minimum Gasteiger partial charge on any atom is -0.373 e. The van der Waals surface area contributed by atoms with Crippen molar-refractivity contribution in [2.45, 2.75) is 37.9 Å². The van der Waals surface area contributed by atoms with Crippen LogP contribution >= 0.6 is 0 Å². The van der Waals surface area contributed by atoms with Crippen LogP contribution in [0, 0.1) is 50.4 Å². The lowest BCUT2D eigenvalue weighted by Gasteiger charge is -2.50. The van der Waals surface area contributed by atoms with E-state index in [1.54, 1.807) is 0 Å². The lowest BCUT2D eigenvalue weighted by Crippen LogP contribution is -2.52. The zero-order chi connectivity index (χ0) is 18.9. The van der Waals surface area contributed by atoms with E-state index in [0.717, 1.165) is 24.0 Å². The molecule has 2 heteroatoms. The average molecular weight is 344 g/mol. The fourth-order valence-corrected chi connectivity index (χ4v) is 3.92. The lowest BCUT2D eigenvalue weighted by molar-refractivity contribution is -0.118. The van der Waals surface area contributed by atoms with Crippen molar-refractivity contribution in [2.24, 2.45) is 11.8 Å². The van der Waals surface area contributed by atoms with Gasteiger partial charge in [0.15, 0.2) is 11.2 Å². The number of terminal acetylenes is 2. The van der Waals surface area contributed by atoms with Gasteiger partial charge < -0.3 is 10.2 Å². The molecule has 132 valence electrons. The van der Waals surface area contributed by atoms with Crippen LogP contribution in [0.3, 0.4) is 0 Å². The number of aliphatic hydroxyl groups is 2. The van der Waals surface area contributed by atoms with E-state index in [1.807, 2.05) is 62.4 Å². The summed E-state index contributed by atoms with van der Waals surface area (Å²) in [4.78, 5) is 0. The number of aryl methyl sites for hydroxylation is 2. The summed E-state index contributed by atoms with van der Waals surface area (Å²) in [5, 5.41) is 22.6. The maximum Gasteiger partial charge on any atom is 0.153 e. The molecular weight excluding hydrogens is 320 g/mol. The smallest absolute Gasteiger partial charge is 0.153 e. The molecule has 0 spiro atoms. The molecule has 2 aromatic carbocycles. The topological polar surface area (TPSA) is 40.5 Å². The summed E-state index contributed by atoms with van der Waals surface area (Å²) in [5.41, 5.74) is 0.626. The van der Waals surface area contributed by atoms with Crippen LogP contribution < -0.4 is 0 Å². The van der Waals surface area contributed by atoms with Gasteiger partial charge in [-0.05, 0) is 37.8 Å². The molecule has 1 aliphatic rings. The largest absolute Gasteiger partial charge is 0.373 e. The third-order valence-corrected chi connectivity index (χ3v) is 5.77. The number of hydrogen-bond donors (Lipinski definition) is 2. The van der Waals surface area contributed by atoms with E-state index >= 15 is 0 Å². The highest BCUT2D eigenvalue weighted by atomic mass is 16.3. The van der Waals surface area contributed by atoms with Crippen LogP contribution in [0.15, 0.2) is 48.5 Å². The molecule has 26 heavy (non-hydrogen) atoms. The second-order valence-electron chi connectivity index (χ2n) is 7.34. The van der Waals surface area contributed by atoms with Crippen LogP contribution in [-0.2, 0) is 11.2 Å². The molecule has 0 heterocycles. The van der Waals surface area contributed by atoms with Gasteiger partial charge in [-0.25, -0.2) is 0 Å². The Morgan fingerprint density at radius 1 is 0.731 bits per heavy atom. The van der Waals surface area contributed by atoms with Crippen molar-refractivity contribution in [1.29, 1.82) is 0 Å². The molecule has 2 aromatic rings. The SMILES string of the molecule is C#CC(O)(c1ccc(C)cc1)C1CCC1C(O)(C#C)c1ccc(C)cc1. The Bertz CT molecular complexity index is 791. The van der Waals surface area contributed by atoms with Gasteiger partial charge in [-0.15, -0.1) is 12.8 Å². The van der Waals surface area contributed by atoms with E-state index in [4.69, 9.17) is 12.8 Å². The summed E-state index contributed by atoms with van der Waals surface area (Å²) in [6.07, 6.45) is 13.0. The predicted octanol–water partition coefficient (Wildman–Crippen LogP) is 3.67. The Labute approximate surface area is 155 Å². The Morgan fingerprint density at radius 3 is 1.27 bits per heavy atom. The quantitative estimate of drug-likeness (QED) is 0.831. The normalized spacial score (nSPS) is 23.6. The predicted molar refractivity (Wildman–Crippen MR) is 104 cm³/mol. The fourth-order valence-electron chi connectivity index (χ4n) is 3.92. The molecule has 1 aliphatic carbocycles. The molecule has 0 radical (unpaired) electrons. The molecule has 1 fully saturated rings. The van der Waals surface area contributed by atoms with E-state index in [2.05, 4.69) is 11.8 Å². The van der Waals surface area contributed by atoms with Gasteiger partial charge in [0, 0.05) is 11.8 Å². The minimum atomic E-state index is -1.45. The highest BCUT2D eigenvalue weighted by Crippen LogP contribution is 2.53. The first-order valence-electron chi connectivity index (χ1n) is 8.89. The summed E-state index contributed by atoms with van der Waals surface area (Å²) in [6, 6.07) is 15.1. The minimum absolute atomic E-state index is 0.308. The van der Waals surface area contributed by atoms with Crippen molar-refractivity contribution in [3.05, 3.63) is 70.8 Å². The molecule has 2 nitrogen and oxygen atoms in total. The summed E-state index contributed by atoms with van der Waals surface area (Å²) in [5.74, 6) is 4.54. The van der Waals surface area contributed by atoms with Crippen LogP contribution in [0.25, 0.3) is 0 Å². The van der Waals surface area contributed by atoms with E-state index in [9.17, 15) is 10.2 Å². The van der Waals surface area contributed by atoms with E-state index in [0.29, 0.717) is 11.1 Å². The summed E-state index contributed by atoms with van der Waals surface area (Å²) in [7, 11) is 0. The monoisotopic (exact) mass is 344 g/mol. The molecular formula is C24H24O2. The maximum atomic E-state index is 11.3. The van der Waals surface area contributed by atoms with Gasteiger partial charge in [0.2, 0.25) is 0 Å². The van der Waals surface area contributed by atoms with Crippen molar-refractivity contribution in [3.63, 3.8) is 0 Å². The molecule has 0 aliphatic heterocycles. The van der Waals surface area contributed by atoms with Gasteiger partial charge in [-0.1, -0.05) is 71.5 Å². The molecule has 3 rings (SSSR count). The third kappa shape index (κ3) is 2.82. The van der Waals surface area contributed by atoms with E-state index in [-0.39, 0.29) is 11.8 Å². The molecule has 1 saturated carbocycles. The van der Waals surface area contributed by atoms with E-state index in [1.165, 1.54) is 0 Å². The van der Waals surface area contributed by atoms with Crippen molar-refractivity contribution in [1.82, 2.24) is 0 Å². The Morgan fingerprint density at radius 2 is 1.04 bits per heavy atom. The first kappa shape index (κ1) is 18.3. The van der Waals surface area contributed by atoms with Gasteiger partial charge in [0.25, 0.3) is 0 Å². The third-order valence-electron chi connectivity index (χ3n) is 5.77. The Balaban J connectivity index is 1.99. The molecule has 2 N–H and O–H groups in total. The van der Waals surface area contributed by atoms with Gasteiger partial charge in [-0.2, -0.15) is 0 Å². The standard InChI is InChI=1S/C24H24O2/c1-5-23(25,19-11-7-17(3)8-12-19)21-15-16-22(21)24(26,6-2)20-13-9-18(4)10-14-20/h1-2,7-14,21-22,25-26H,15-16H2,3-4H3. The van der Waals surface area contributed by atoms with Crippen LogP contribution in [0.4, 0.5) is 0 Å². The first-order valence-corrected chi connectivity index (χ1v) is 8.89. The Kier molecular flexibility index (Phi) is 4.68. The molecule has 0 saturated heterocycles. The molecule has 0 aromatic heterocycles. The van der Waals surface area contributed by atoms with Crippen molar-refractivity contribution >= 4 is 0 Å². The number of hydrogen-bond acceptors (Lipinski definition) is 2. The highest BCUT2D eigenvalue weighted by Gasteiger charge is 2.55. The highest BCUT2D eigenvalue weighted by molar-refractivity contribution is 5.39. The van der Waals surface area contributed by atoms with E-state index < -0.39 is 11.2 Å². The van der Waals surface area contributed by atoms with Crippen molar-refractivity contribution < 1.29 is 10.2 Å². The molecule has 4 unspecified atom stereocenters. The maximum absolute atomic E-state index is 11.3. The summed E-state index contributed by atoms with van der Waals surface area (Å²) >= 11 is 0. The van der Waals surface area contributed by atoms with Crippen LogP contribution in [-0.4, -0.2) is 10.2 Å². The van der Waals surface area contributed by atoms with Crippen LogP contribution in [0.1, 0.15) is 35.1 Å². The second-order valence-corrected chi connectivity index (χ2v) is 7.34. The molecule has 0 amide bonds. The van der Waals surface area contributed by atoms with Gasteiger partial charge in [0.1, 0.15) is 0 Å². The van der Waals surface area contributed by atoms with Crippen molar-refractivity contribution in [3.8, 4) is 24.7 Å². The zero-order valence-electron chi connectivity index (χ0n) is 15.2. The number of benzene rings is 2.